The van der Waals surface area contributed by atoms with Crippen LogP contribution in [0.1, 0.15) is 96.1 Å². The first-order chi connectivity index (χ1) is 24.6. The van der Waals surface area contributed by atoms with Crippen LogP contribution in [-0.4, -0.2) is 90.0 Å². The predicted octanol–water partition coefficient (Wildman–Crippen LogP) is 2.90. The third-order valence-corrected chi connectivity index (χ3v) is 11.5. The van der Waals surface area contributed by atoms with Crippen molar-refractivity contribution >= 4 is 40.1 Å². The van der Waals surface area contributed by atoms with Crippen molar-refractivity contribution in [3.8, 4) is 0 Å². The van der Waals surface area contributed by atoms with Crippen molar-refractivity contribution in [1.29, 1.82) is 0 Å². The molecule has 16 heteroatoms. The summed E-state index contributed by atoms with van der Waals surface area (Å²) in [5, 5.41) is 5.51. The summed E-state index contributed by atoms with van der Waals surface area (Å²) in [4.78, 5) is 71.4. The first-order valence-electron chi connectivity index (χ1n) is 18.3. The summed E-state index contributed by atoms with van der Waals surface area (Å²) in [5.74, 6) is -2.59. The number of benzene rings is 1. The highest BCUT2D eigenvalue weighted by atomic mass is 32.2. The number of fused-ring (bicyclic) bond motifs is 3. The van der Waals surface area contributed by atoms with E-state index in [2.05, 4.69) is 20.1 Å². The topological polar surface area (TPSA) is 193 Å². The summed E-state index contributed by atoms with van der Waals surface area (Å²) < 4.78 is 41.7. The van der Waals surface area contributed by atoms with Crippen molar-refractivity contribution in [2.75, 3.05) is 6.54 Å². The standard InChI is InChI=1S/C36H50N6O9S/c1-35(2,3)51-33(46)37-28-17-8-6-4-5-7-14-25-19-36(25,32(45)40-52(48,49)39-26-15-11-16-26)38-30(43)29-18-27(22-42(29)31(28)44)50-34(47)41-20-23-12-9-10-13-24(23)21-41/h7,9-10,12-14,25-29,39H,4-6,8,11,15-22H2,1-3H3,(H,37,46)(H,38,43)(H,40,45)/b14-7+/t25-,27-,28+,29+,36-/m1/s1. The normalized spacial score (nSPS) is 28.8. The third kappa shape index (κ3) is 8.88. The first kappa shape index (κ1) is 37.6. The van der Waals surface area contributed by atoms with Crippen LogP contribution in [0.25, 0.3) is 0 Å². The van der Waals surface area contributed by atoms with E-state index in [9.17, 15) is 32.4 Å². The Morgan fingerprint density at radius 1 is 0.981 bits per heavy atom. The summed E-state index contributed by atoms with van der Waals surface area (Å²) in [5.41, 5.74) is -0.377. The molecular formula is C36H50N6O9S. The Bertz CT molecular complexity index is 1680. The molecule has 52 heavy (non-hydrogen) atoms. The van der Waals surface area contributed by atoms with Crippen molar-refractivity contribution in [2.45, 2.75) is 133 Å². The zero-order valence-electron chi connectivity index (χ0n) is 30.0. The summed E-state index contributed by atoms with van der Waals surface area (Å²) in [6.45, 7) is 5.73. The molecule has 3 heterocycles. The van der Waals surface area contributed by atoms with Crippen LogP contribution < -0.4 is 20.1 Å². The highest BCUT2D eigenvalue weighted by Gasteiger charge is 2.62. The number of carbonyl (C=O) groups is 5. The molecule has 0 bridgehead atoms. The van der Waals surface area contributed by atoms with Gasteiger partial charge in [-0.3, -0.25) is 19.3 Å². The number of hydrogen-bond acceptors (Lipinski definition) is 9. The van der Waals surface area contributed by atoms with Gasteiger partial charge in [0.1, 0.15) is 29.3 Å². The van der Waals surface area contributed by atoms with E-state index in [4.69, 9.17) is 9.47 Å². The van der Waals surface area contributed by atoms with Gasteiger partial charge in [0.25, 0.3) is 5.91 Å². The number of nitrogens with one attached hydrogen (secondary N) is 4. The molecule has 5 atom stereocenters. The number of alkyl carbamates (subject to hydrolysis) is 1. The number of allylic oxidation sites excluding steroid dienone is 1. The van der Waals surface area contributed by atoms with Crippen molar-refractivity contribution in [1.82, 2.24) is 29.9 Å². The first-order valence-corrected chi connectivity index (χ1v) is 19.8. The van der Waals surface area contributed by atoms with Crippen LogP contribution >= 0.6 is 0 Å². The molecule has 4 N–H and O–H groups in total. The van der Waals surface area contributed by atoms with Crippen molar-refractivity contribution < 1.29 is 41.9 Å². The summed E-state index contributed by atoms with van der Waals surface area (Å²) in [6.07, 6.45) is 6.90. The lowest BCUT2D eigenvalue weighted by Gasteiger charge is -2.30. The quantitative estimate of drug-likeness (QED) is 0.318. The molecule has 0 aromatic heterocycles. The van der Waals surface area contributed by atoms with Crippen molar-refractivity contribution in [2.24, 2.45) is 5.92 Å². The molecule has 6 rings (SSSR count). The smallest absolute Gasteiger partial charge is 0.410 e. The molecule has 0 unspecified atom stereocenters. The average Bonchev–Trinajstić information content (AvgIpc) is 3.35. The van der Waals surface area contributed by atoms with Crippen LogP contribution in [0.2, 0.25) is 0 Å². The summed E-state index contributed by atoms with van der Waals surface area (Å²) >= 11 is 0. The number of carbonyl (C=O) groups excluding carboxylic acids is 5. The molecule has 1 saturated heterocycles. The van der Waals surface area contributed by atoms with Crippen LogP contribution in [0.15, 0.2) is 36.4 Å². The molecule has 2 saturated carbocycles. The number of ether oxygens (including phenoxy) is 2. The fraction of sp³-hybridized carbons (Fsp3) is 0.639. The lowest BCUT2D eigenvalue weighted by molar-refractivity contribution is -0.141. The molecule has 2 aliphatic carbocycles. The molecule has 1 aromatic rings. The van der Waals surface area contributed by atoms with Gasteiger partial charge in [-0.25, -0.2) is 14.3 Å². The fourth-order valence-corrected chi connectivity index (χ4v) is 8.44. The molecule has 5 amide bonds. The number of amides is 5. The Labute approximate surface area is 304 Å². The van der Waals surface area contributed by atoms with Crippen molar-refractivity contribution in [3.63, 3.8) is 0 Å². The maximum Gasteiger partial charge on any atom is 0.410 e. The van der Waals surface area contributed by atoms with Gasteiger partial charge in [-0.15, -0.1) is 0 Å². The minimum Gasteiger partial charge on any atom is -0.444 e. The van der Waals surface area contributed by atoms with E-state index in [1.54, 1.807) is 25.7 Å². The summed E-state index contributed by atoms with van der Waals surface area (Å²) in [7, 11) is -4.20. The number of rotatable bonds is 6. The van der Waals surface area contributed by atoms with Crippen molar-refractivity contribution in [3.05, 3.63) is 47.5 Å². The Morgan fingerprint density at radius 3 is 2.35 bits per heavy atom. The second-order valence-electron chi connectivity index (χ2n) is 15.6. The zero-order chi connectivity index (χ0) is 37.3. The van der Waals surface area contributed by atoms with Crippen LogP contribution in [0.5, 0.6) is 0 Å². The van der Waals surface area contributed by atoms with E-state index in [1.165, 1.54) is 4.90 Å². The predicted molar refractivity (Wildman–Crippen MR) is 188 cm³/mol. The van der Waals surface area contributed by atoms with Crippen LogP contribution in [0.4, 0.5) is 9.59 Å². The van der Waals surface area contributed by atoms with Crippen LogP contribution in [-0.2, 0) is 47.2 Å². The van der Waals surface area contributed by atoms with Gasteiger partial charge in [0.2, 0.25) is 11.8 Å². The minimum absolute atomic E-state index is 0.0665. The lowest BCUT2D eigenvalue weighted by atomic mass is 9.94. The van der Waals surface area contributed by atoms with Gasteiger partial charge < -0.3 is 25.0 Å². The Kier molecular flexibility index (Phi) is 10.9. The Hall–Kier alpha value is -4.18. The Morgan fingerprint density at radius 2 is 1.69 bits per heavy atom. The van der Waals surface area contributed by atoms with E-state index in [0.29, 0.717) is 38.8 Å². The maximum atomic E-state index is 14.3. The van der Waals surface area contributed by atoms with Crippen LogP contribution in [0.3, 0.4) is 0 Å². The Balaban J connectivity index is 1.24. The van der Waals surface area contributed by atoms with E-state index in [0.717, 1.165) is 30.4 Å². The third-order valence-electron chi connectivity index (χ3n) is 10.4. The molecule has 284 valence electrons. The van der Waals surface area contributed by atoms with Gasteiger partial charge in [-0.05, 0) is 70.4 Å². The minimum atomic E-state index is -4.20. The van der Waals surface area contributed by atoms with E-state index in [-0.39, 0.29) is 31.8 Å². The second-order valence-corrected chi connectivity index (χ2v) is 17.0. The average molecular weight is 743 g/mol. The van der Waals surface area contributed by atoms with Gasteiger partial charge in [-0.2, -0.15) is 13.1 Å². The largest absolute Gasteiger partial charge is 0.444 e. The molecule has 0 spiro atoms. The van der Waals surface area contributed by atoms with Crippen LogP contribution in [0, 0.1) is 5.92 Å². The molecule has 0 radical (unpaired) electrons. The van der Waals surface area contributed by atoms with Gasteiger partial charge in [-0.1, -0.05) is 55.7 Å². The van der Waals surface area contributed by atoms with Gasteiger partial charge in [0.15, 0.2) is 0 Å². The van der Waals surface area contributed by atoms with E-state index in [1.807, 2.05) is 36.4 Å². The second kappa shape index (κ2) is 15.0. The molecule has 3 aliphatic heterocycles. The number of nitrogens with zero attached hydrogens (tertiary/aromatic N) is 2. The molecule has 5 aliphatic rings. The lowest BCUT2D eigenvalue weighted by Crippen LogP contribution is -2.59. The molecular weight excluding hydrogens is 692 g/mol. The van der Waals surface area contributed by atoms with E-state index < -0.39 is 75.4 Å². The summed E-state index contributed by atoms with van der Waals surface area (Å²) in [6, 6.07) is 5.20. The van der Waals surface area contributed by atoms with Gasteiger partial charge in [0, 0.05) is 31.5 Å². The fourth-order valence-electron chi connectivity index (χ4n) is 7.28. The van der Waals surface area contributed by atoms with Gasteiger partial charge >= 0.3 is 22.4 Å². The molecule has 3 fully saturated rings. The molecule has 15 nitrogen and oxygen atoms in total. The SMILES string of the molecule is CC(C)(C)OC(=O)N[C@H]1CCCCC/C=C/[C@@H]2C[C@@]2(C(=O)NS(=O)(=O)NC2CCC2)NC(=O)[C@@H]2C[C@@H](OC(=O)N3Cc4ccccc4C3)CN2C1=O. The zero-order valence-corrected chi connectivity index (χ0v) is 30.8. The highest BCUT2D eigenvalue weighted by Crippen LogP contribution is 2.46. The highest BCUT2D eigenvalue weighted by molar-refractivity contribution is 7.88. The monoisotopic (exact) mass is 742 g/mol. The van der Waals surface area contributed by atoms with E-state index >= 15 is 0 Å². The number of hydrogen-bond donors (Lipinski definition) is 4. The maximum absolute atomic E-state index is 14.3. The molecule has 1 aromatic carbocycles. The van der Waals surface area contributed by atoms with Gasteiger partial charge in [0.05, 0.1) is 6.54 Å².